The van der Waals surface area contributed by atoms with E-state index in [9.17, 15) is 9.18 Å². The number of nitrogens with one attached hydrogen (secondary N) is 2. The Kier molecular flexibility index (Phi) is 3.97. The van der Waals surface area contributed by atoms with Crippen molar-refractivity contribution in [2.75, 3.05) is 6.54 Å². The molecule has 0 aromatic heterocycles. The zero-order valence-corrected chi connectivity index (χ0v) is 10.1. The van der Waals surface area contributed by atoms with E-state index in [1.807, 2.05) is 0 Å². The fraction of sp³-hybridized carbons (Fsp3) is 0.417. The third kappa shape index (κ3) is 4.32. The molecule has 5 heteroatoms. The quantitative estimate of drug-likeness (QED) is 0.844. The van der Waals surface area contributed by atoms with E-state index in [1.54, 1.807) is 6.07 Å². The van der Waals surface area contributed by atoms with Crippen LogP contribution in [0.15, 0.2) is 18.2 Å². The minimum absolute atomic E-state index is 0.0185. The SMILES string of the molecule is O=C(CNCc1cc(F)cc(Cl)c1)NC1CC1. The number of hydrogen-bond donors (Lipinski definition) is 2. The first-order valence-corrected chi connectivity index (χ1v) is 5.96. The molecule has 1 aliphatic rings. The topological polar surface area (TPSA) is 41.1 Å². The summed E-state index contributed by atoms with van der Waals surface area (Å²) in [6, 6.07) is 4.70. The first-order valence-electron chi connectivity index (χ1n) is 5.58. The van der Waals surface area contributed by atoms with Crippen LogP contribution >= 0.6 is 11.6 Å². The summed E-state index contributed by atoms with van der Waals surface area (Å²) in [6.07, 6.45) is 2.15. The molecule has 0 radical (unpaired) electrons. The molecule has 2 N–H and O–H groups in total. The molecule has 1 aromatic rings. The molecule has 0 saturated heterocycles. The summed E-state index contributed by atoms with van der Waals surface area (Å²) < 4.78 is 13.0. The van der Waals surface area contributed by atoms with Crippen LogP contribution in [0.1, 0.15) is 18.4 Å². The monoisotopic (exact) mass is 256 g/mol. The molecule has 1 aliphatic carbocycles. The van der Waals surface area contributed by atoms with Crippen molar-refractivity contribution in [2.45, 2.75) is 25.4 Å². The van der Waals surface area contributed by atoms with Crippen molar-refractivity contribution in [3.63, 3.8) is 0 Å². The number of amides is 1. The van der Waals surface area contributed by atoms with Crippen molar-refractivity contribution in [3.8, 4) is 0 Å². The average Bonchev–Trinajstić information content (AvgIpc) is 3.00. The predicted molar refractivity (Wildman–Crippen MR) is 64.3 cm³/mol. The van der Waals surface area contributed by atoms with Gasteiger partial charge in [0.1, 0.15) is 5.82 Å². The standard InChI is InChI=1S/C12H14ClFN2O/c13-9-3-8(4-10(14)5-9)6-15-7-12(17)16-11-1-2-11/h3-5,11,15H,1-2,6-7H2,(H,16,17). The molecule has 0 atom stereocenters. The largest absolute Gasteiger partial charge is 0.352 e. The fourth-order valence-electron chi connectivity index (χ4n) is 1.54. The number of carbonyl (C=O) groups excluding carboxylic acids is 1. The number of carbonyl (C=O) groups is 1. The van der Waals surface area contributed by atoms with Gasteiger partial charge in [0, 0.05) is 17.6 Å². The zero-order chi connectivity index (χ0) is 12.3. The van der Waals surface area contributed by atoms with E-state index in [0.29, 0.717) is 17.6 Å². The molecule has 0 bridgehead atoms. The van der Waals surface area contributed by atoms with E-state index < -0.39 is 0 Å². The molecular weight excluding hydrogens is 243 g/mol. The van der Waals surface area contributed by atoms with Crippen LogP contribution in [0.4, 0.5) is 4.39 Å². The highest BCUT2D eigenvalue weighted by molar-refractivity contribution is 6.30. The highest BCUT2D eigenvalue weighted by Gasteiger charge is 2.22. The highest BCUT2D eigenvalue weighted by Crippen LogP contribution is 2.18. The van der Waals surface area contributed by atoms with Crippen LogP contribution in [0, 0.1) is 5.82 Å². The van der Waals surface area contributed by atoms with Crippen molar-refractivity contribution < 1.29 is 9.18 Å². The second-order valence-electron chi connectivity index (χ2n) is 4.22. The molecule has 3 nitrogen and oxygen atoms in total. The summed E-state index contributed by atoms with van der Waals surface area (Å²) >= 11 is 5.72. The van der Waals surface area contributed by atoms with Crippen LogP contribution in [-0.2, 0) is 11.3 Å². The molecule has 2 rings (SSSR count). The number of hydrogen-bond acceptors (Lipinski definition) is 2. The zero-order valence-electron chi connectivity index (χ0n) is 9.30. The van der Waals surface area contributed by atoms with Crippen molar-refractivity contribution >= 4 is 17.5 Å². The maximum Gasteiger partial charge on any atom is 0.234 e. The molecule has 0 aliphatic heterocycles. The smallest absolute Gasteiger partial charge is 0.234 e. The van der Waals surface area contributed by atoms with Gasteiger partial charge >= 0.3 is 0 Å². The van der Waals surface area contributed by atoms with Gasteiger partial charge in [0.15, 0.2) is 0 Å². The third-order valence-electron chi connectivity index (χ3n) is 2.48. The Morgan fingerprint density at radius 2 is 2.18 bits per heavy atom. The number of rotatable bonds is 5. The maximum absolute atomic E-state index is 13.0. The summed E-state index contributed by atoms with van der Waals surface area (Å²) in [5, 5.41) is 6.18. The molecule has 0 unspecified atom stereocenters. The summed E-state index contributed by atoms with van der Waals surface area (Å²) in [6.45, 7) is 0.667. The molecule has 1 fully saturated rings. The van der Waals surface area contributed by atoms with Crippen LogP contribution in [0.3, 0.4) is 0 Å². The van der Waals surface area contributed by atoms with E-state index in [0.717, 1.165) is 18.4 Å². The van der Waals surface area contributed by atoms with Gasteiger partial charge in [-0.1, -0.05) is 11.6 Å². The lowest BCUT2D eigenvalue weighted by Crippen LogP contribution is -2.34. The van der Waals surface area contributed by atoms with Crippen molar-refractivity contribution in [1.29, 1.82) is 0 Å². The lowest BCUT2D eigenvalue weighted by atomic mass is 10.2. The van der Waals surface area contributed by atoms with Gasteiger partial charge in [-0.2, -0.15) is 0 Å². The van der Waals surface area contributed by atoms with E-state index >= 15 is 0 Å². The van der Waals surface area contributed by atoms with Crippen LogP contribution in [0.2, 0.25) is 5.02 Å². The molecular formula is C12H14ClFN2O. The van der Waals surface area contributed by atoms with E-state index in [2.05, 4.69) is 10.6 Å². The average molecular weight is 257 g/mol. The van der Waals surface area contributed by atoms with Crippen molar-refractivity contribution in [2.24, 2.45) is 0 Å². The summed E-state index contributed by atoms with van der Waals surface area (Å²) in [5.74, 6) is -0.383. The number of benzene rings is 1. The van der Waals surface area contributed by atoms with Crippen LogP contribution < -0.4 is 10.6 Å². The van der Waals surface area contributed by atoms with Gasteiger partial charge in [0.2, 0.25) is 5.91 Å². The minimum Gasteiger partial charge on any atom is -0.352 e. The second kappa shape index (κ2) is 5.47. The fourth-order valence-corrected chi connectivity index (χ4v) is 1.78. The van der Waals surface area contributed by atoms with Gasteiger partial charge in [0.05, 0.1) is 6.54 Å². The Labute approximate surface area is 104 Å². The summed E-state index contributed by atoms with van der Waals surface area (Å²) in [4.78, 5) is 11.3. The lowest BCUT2D eigenvalue weighted by molar-refractivity contribution is -0.120. The molecule has 17 heavy (non-hydrogen) atoms. The normalized spacial score (nSPS) is 14.7. The highest BCUT2D eigenvalue weighted by atomic mass is 35.5. The second-order valence-corrected chi connectivity index (χ2v) is 4.66. The van der Waals surface area contributed by atoms with Gasteiger partial charge < -0.3 is 10.6 Å². The van der Waals surface area contributed by atoms with E-state index in [1.165, 1.54) is 12.1 Å². The first-order chi connectivity index (χ1) is 8.13. The van der Waals surface area contributed by atoms with Crippen molar-refractivity contribution in [1.82, 2.24) is 10.6 Å². The van der Waals surface area contributed by atoms with Crippen LogP contribution in [0.25, 0.3) is 0 Å². The predicted octanol–water partition coefficient (Wildman–Crippen LogP) is 1.85. The maximum atomic E-state index is 13.0. The van der Waals surface area contributed by atoms with Gasteiger partial charge in [-0.25, -0.2) is 4.39 Å². The Morgan fingerprint density at radius 3 is 2.82 bits per heavy atom. The first kappa shape index (κ1) is 12.3. The molecule has 92 valence electrons. The summed E-state index contributed by atoms with van der Waals surface area (Å²) in [5.41, 5.74) is 0.731. The Morgan fingerprint density at radius 1 is 1.41 bits per heavy atom. The Bertz CT molecular complexity index is 401. The van der Waals surface area contributed by atoms with Gasteiger partial charge in [0.25, 0.3) is 0 Å². The minimum atomic E-state index is -0.364. The van der Waals surface area contributed by atoms with Gasteiger partial charge in [-0.15, -0.1) is 0 Å². The third-order valence-corrected chi connectivity index (χ3v) is 2.70. The van der Waals surface area contributed by atoms with Gasteiger partial charge in [-0.3, -0.25) is 4.79 Å². The summed E-state index contributed by atoms with van der Waals surface area (Å²) in [7, 11) is 0. The molecule has 1 saturated carbocycles. The van der Waals surface area contributed by atoms with E-state index in [-0.39, 0.29) is 18.3 Å². The number of halogens is 2. The van der Waals surface area contributed by atoms with Crippen molar-refractivity contribution in [3.05, 3.63) is 34.6 Å². The lowest BCUT2D eigenvalue weighted by Gasteiger charge is -2.06. The molecule has 1 aromatic carbocycles. The Hall–Kier alpha value is -1.13. The van der Waals surface area contributed by atoms with Gasteiger partial charge in [-0.05, 0) is 36.6 Å². The Balaban J connectivity index is 1.74. The van der Waals surface area contributed by atoms with E-state index in [4.69, 9.17) is 11.6 Å². The molecule has 1 amide bonds. The molecule has 0 spiro atoms. The molecule has 0 heterocycles. The van der Waals surface area contributed by atoms with Crippen LogP contribution in [0.5, 0.6) is 0 Å². The van der Waals surface area contributed by atoms with Crippen LogP contribution in [-0.4, -0.2) is 18.5 Å².